The summed E-state index contributed by atoms with van der Waals surface area (Å²) in [5.41, 5.74) is -0.132. The van der Waals surface area contributed by atoms with Crippen molar-refractivity contribution in [3.8, 4) is 0 Å². The monoisotopic (exact) mass is 270 g/mol. The third-order valence-corrected chi connectivity index (χ3v) is 4.22. The summed E-state index contributed by atoms with van der Waals surface area (Å²) in [5, 5.41) is 3.41. The van der Waals surface area contributed by atoms with Crippen molar-refractivity contribution in [2.45, 2.75) is 43.8 Å². The first-order chi connectivity index (χ1) is 9.05. The van der Waals surface area contributed by atoms with Gasteiger partial charge < -0.3 is 5.32 Å². The third kappa shape index (κ3) is 2.76. The molecule has 19 heavy (non-hydrogen) atoms. The van der Waals surface area contributed by atoms with Crippen molar-refractivity contribution in [1.82, 2.24) is 10.3 Å². The summed E-state index contributed by atoms with van der Waals surface area (Å²) in [6.07, 6.45) is 2.61. The van der Waals surface area contributed by atoms with Crippen LogP contribution in [-0.4, -0.2) is 17.6 Å². The quantitative estimate of drug-likeness (QED) is 0.907. The standard InChI is InChI=1S/C14H17F3N2/c15-14(16,17)13-5-6-18-8-12(13)11-4-1-9(11)7-19-10-2-3-10/h5-6,8-11,19H,1-4,7H2. The van der Waals surface area contributed by atoms with E-state index in [1.807, 2.05) is 0 Å². The van der Waals surface area contributed by atoms with Gasteiger partial charge in [0.15, 0.2) is 0 Å². The molecule has 0 aliphatic heterocycles. The number of hydrogen-bond acceptors (Lipinski definition) is 2. The minimum absolute atomic E-state index is 0.0107. The smallest absolute Gasteiger partial charge is 0.314 e. The molecule has 0 bridgehead atoms. The third-order valence-electron chi connectivity index (χ3n) is 4.22. The molecular weight excluding hydrogens is 253 g/mol. The van der Waals surface area contributed by atoms with Gasteiger partial charge in [-0.1, -0.05) is 0 Å². The zero-order chi connectivity index (χ0) is 13.5. The number of alkyl halides is 3. The van der Waals surface area contributed by atoms with E-state index in [1.165, 1.54) is 25.2 Å². The lowest BCUT2D eigenvalue weighted by Crippen LogP contribution is -2.35. The SMILES string of the molecule is FC(F)(F)c1ccncc1C1CCC1CNC1CC1. The second-order valence-electron chi connectivity index (χ2n) is 5.59. The molecule has 0 amide bonds. The Morgan fingerprint density at radius 3 is 2.58 bits per heavy atom. The van der Waals surface area contributed by atoms with Crippen molar-refractivity contribution in [3.63, 3.8) is 0 Å². The predicted molar refractivity (Wildman–Crippen MR) is 65.7 cm³/mol. The average Bonchev–Trinajstić information content (AvgIpc) is 3.11. The van der Waals surface area contributed by atoms with Gasteiger partial charge in [0.25, 0.3) is 0 Å². The van der Waals surface area contributed by atoms with Crippen molar-refractivity contribution < 1.29 is 13.2 Å². The van der Waals surface area contributed by atoms with Gasteiger partial charge in [0.05, 0.1) is 5.56 Å². The fourth-order valence-corrected chi connectivity index (χ4v) is 2.79. The molecule has 104 valence electrons. The van der Waals surface area contributed by atoms with Gasteiger partial charge in [-0.05, 0) is 55.7 Å². The zero-order valence-corrected chi connectivity index (χ0v) is 10.6. The molecule has 0 saturated heterocycles. The number of pyridine rings is 1. The van der Waals surface area contributed by atoms with Crippen LogP contribution >= 0.6 is 0 Å². The van der Waals surface area contributed by atoms with Crippen LogP contribution in [0.15, 0.2) is 18.5 Å². The van der Waals surface area contributed by atoms with Crippen molar-refractivity contribution in [2.75, 3.05) is 6.54 Å². The summed E-state index contributed by atoms with van der Waals surface area (Å²) in [4.78, 5) is 3.88. The van der Waals surface area contributed by atoms with Crippen LogP contribution in [0.2, 0.25) is 0 Å². The van der Waals surface area contributed by atoms with Crippen molar-refractivity contribution in [3.05, 3.63) is 29.6 Å². The van der Waals surface area contributed by atoms with Gasteiger partial charge in [0.2, 0.25) is 0 Å². The molecule has 0 radical (unpaired) electrons. The first kappa shape index (κ1) is 12.9. The van der Waals surface area contributed by atoms with Crippen LogP contribution in [0, 0.1) is 5.92 Å². The first-order valence-electron chi connectivity index (χ1n) is 6.80. The molecule has 1 aromatic heterocycles. The average molecular weight is 270 g/mol. The van der Waals surface area contributed by atoms with Crippen LogP contribution in [0.4, 0.5) is 13.2 Å². The number of nitrogens with one attached hydrogen (secondary N) is 1. The van der Waals surface area contributed by atoms with Gasteiger partial charge in [-0.25, -0.2) is 0 Å². The molecule has 3 rings (SSSR count). The molecule has 2 saturated carbocycles. The van der Waals surface area contributed by atoms with Gasteiger partial charge in [-0.15, -0.1) is 0 Å². The highest BCUT2D eigenvalue weighted by molar-refractivity contribution is 5.31. The normalized spacial score (nSPS) is 27.1. The Morgan fingerprint density at radius 1 is 1.21 bits per heavy atom. The summed E-state index contributed by atoms with van der Waals surface area (Å²) in [6, 6.07) is 1.70. The highest BCUT2D eigenvalue weighted by Gasteiger charge is 2.40. The van der Waals surface area contributed by atoms with Crippen LogP contribution in [0.1, 0.15) is 42.7 Å². The molecule has 2 aliphatic carbocycles. The van der Waals surface area contributed by atoms with E-state index in [4.69, 9.17) is 0 Å². The largest absolute Gasteiger partial charge is 0.416 e. The van der Waals surface area contributed by atoms with Crippen LogP contribution in [0.3, 0.4) is 0 Å². The minimum Gasteiger partial charge on any atom is -0.314 e. The highest BCUT2D eigenvalue weighted by Crippen LogP contribution is 2.46. The van der Waals surface area contributed by atoms with E-state index in [0.717, 1.165) is 25.5 Å². The van der Waals surface area contributed by atoms with E-state index in [0.29, 0.717) is 17.5 Å². The molecular formula is C14H17F3N2. The van der Waals surface area contributed by atoms with Crippen molar-refractivity contribution in [2.24, 2.45) is 5.92 Å². The molecule has 2 nitrogen and oxygen atoms in total. The zero-order valence-electron chi connectivity index (χ0n) is 10.6. The Morgan fingerprint density at radius 2 is 2.00 bits per heavy atom. The van der Waals surface area contributed by atoms with E-state index in [1.54, 1.807) is 0 Å². The predicted octanol–water partition coefficient (Wildman–Crippen LogP) is 3.35. The van der Waals surface area contributed by atoms with Gasteiger partial charge in [-0.2, -0.15) is 13.2 Å². The van der Waals surface area contributed by atoms with E-state index < -0.39 is 11.7 Å². The maximum Gasteiger partial charge on any atom is 0.416 e. The number of nitrogens with zero attached hydrogens (tertiary/aromatic N) is 1. The summed E-state index contributed by atoms with van der Waals surface area (Å²) in [6.45, 7) is 0.835. The lowest BCUT2D eigenvalue weighted by molar-refractivity contribution is -0.138. The Kier molecular flexibility index (Phi) is 3.25. The lowest BCUT2D eigenvalue weighted by atomic mass is 9.69. The van der Waals surface area contributed by atoms with Crippen LogP contribution in [0.5, 0.6) is 0 Å². The van der Waals surface area contributed by atoms with E-state index >= 15 is 0 Å². The number of hydrogen-bond donors (Lipinski definition) is 1. The maximum atomic E-state index is 13.0. The summed E-state index contributed by atoms with van der Waals surface area (Å²) >= 11 is 0. The Balaban J connectivity index is 1.74. The fraction of sp³-hybridized carbons (Fsp3) is 0.643. The lowest BCUT2D eigenvalue weighted by Gasteiger charge is -2.38. The molecule has 1 N–H and O–H groups in total. The molecule has 2 fully saturated rings. The Hall–Kier alpha value is -1.10. The summed E-state index contributed by atoms with van der Waals surface area (Å²) in [5.74, 6) is 0.336. The van der Waals surface area contributed by atoms with E-state index in [-0.39, 0.29) is 5.92 Å². The molecule has 5 heteroatoms. The fourth-order valence-electron chi connectivity index (χ4n) is 2.79. The maximum absolute atomic E-state index is 13.0. The number of aromatic nitrogens is 1. The molecule has 0 spiro atoms. The minimum atomic E-state index is -4.28. The molecule has 2 atom stereocenters. The molecule has 2 unspecified atom stereocenters. The topological polar surface area (TPSA) is 24.9 Å². The van der Waals surface area contributed by atoms with Gasteiger partial charge in [0, 0.05) is 18.4 Å². The van der Waals surface area contributed by atoms with E-state index in [2.05, 4.69) is 10.3 Å². The second kappa shape index (κ2) is 4.78. The van der Waals surface area contributed by atoms with Gasteiger partial charge >= 0.3 is 6.18 Å². The highest BCUT2D eigenvalue weighted by atomic mass is 19.4. The molecule has 1 heterocycles. The van der Waals surface area contributed by atoms with Crippen molar-refractivity contribution in [1.29, 1.82) is 0 Å². The van der Waals surface area contributed by atoms with Crippen molar-refractivity contribution >= 4 is 0 Å². The van der Waals surface area contributed by atoms with Crippen LogP contribution in [0.25, 0.3) is 0 Å². The summed E-state index contributed by atoms with van der Waals surface area (Å²) < 4.78 is 38.9. The number of rotatable bonds is 4. The number of halogens is 3. The second-order valence-corrected chi connectivity index (χ2v) is 5.59. The van der Waals surface area contributed by atoms with E-state index in [9.17, 15) is 13.2 Å². The van der Waals surface area contributed by atoms with Gasteiger partial charge in [-0.3, -0.25) is 4.98 Å². The molecule has 2 aliphatic rings. The Labute approximate surface area is 110 Å². The van der Waals surface area contributed by atoms with Gasteiger partial charge in [0.1, 0.15) is 0 Å². The first-order valence-corrected chi connectivity index (χ1v) is 6.80. The van der Waals surface area contributed by atoms with Crippen LogP contribution < -0.4 is 5.32 Å². The molecule has 0 aromatic carbocycles. The molecule has 1 aromatic rings. The Bertz CT molecular complexity index is 454. The summed E-state index contributed by atoms with van der Waals surface area (Å²) in [7, 11) is 0. The van der Waals surface area contributed by atoms with Crippen LogP contribution in [-0.2, 0) is 6.18 Å².